The van der Waals surface area contributed by atoms with E-state index >= 15 is 0 Å². The van der Waals surface area contributed by atoms with Gasteiger partial charge in [-0.1, -0.05) is 29.8 Å². The highest BCUT2D eigenvalue weighted by Crippen LogP contribution is 2.33. The number of methoxy groups -OCH3 is 3. The molecule has 1 heterocycles. The Morgan fingerprint density at radius 1 is 1.00 bits per heavy atom. The number of aryl methyl sites for hydroxylation is 1. The Hall–Kier alpha value is -3.81. The smallest absolute Gasteiger partial charge is 0.289 e. The van der Waals surface area contributed by atoms with Crippen LogP contribution >= 0.6 is 0 Å². The predicted octanol–water partition coefficient (Wildman–Crippen LogP) is 3.17. The van der Waals surface area contributed by atoms with Gasteiger partial charge in [0.25, 0.3) is 5.91 Å². The molecule has 2 N–H and O–H groups in total. The molecular formula is C21H22N4O4. The van der Waals surface area contributed by atoms with Gasteiger partial charge >= 0.3 is 0 Å². The lowest BCUT2D eigenvalue weighted by Gasteiger charge is -2.11. The minimum atomic E-state index is -0.411. The van der Waals surface area contributed by atoms with Crippen LogP contribution in [0.4, 0.5) is 0 Å². The summed E-state index contributed by atoms with van der Waals surface area (Å²) < 4.78 is 15.9. The first-order valence-electron chi connectivity index (χ1n) is 8.81. The lowest BCUT2D eigenvalue weighted by Crippen LogP contribution is -2.18. The number of aromatic nitrogens is 2. The molecular weight excluding hydrogens is 372 g/mol. The van der Waals surface area contributed by atoms with Crippen molar-refractivity contribution in [2.24, 2.45) is 5.10 Å². The molecule has 1 aromatic heterocycles. The second kappa shape index (κ2) is 8.92. The Morgan fingerprint density at radius 2 is 1.66 bits per heavy atom. The van der Waals surface area contributed by atoms with E-state index < -0.39 is 5.91 Å². The summed E-state index contributed by atoms with van der Waals surface area (Å²) in [7, 11) is 4.62. The summed E-state index contributed by atoms with van der Waals surface area (Å²) in [5, 5.41) is 10.9. The number of H-pyrrole nitrogens is 1. The van der Waals surface area contributed by atoms with Crippen molar-refractivity contribution in [3.63, 3.8) is 0 Å². The summed E-state index contributed by atoms with van der Waals surface area (Å²) in [6, 6.07) is 13.0. The molecule has 3 aromatic rings. The fourth-order valence-electron chi connectivity index (χ4n) is 2.68. The van der Waals surface area contributed by atoms with Crippen molar-refractivity contribution >= 4 is 12.1 Å². The van der Waals surface area contributed by atoms with Crippen LogP contribution in [0.1, 0.15) is 21.6 Å². The molecule has 0 radical (unpaired) electrons. The molecule has 0 atom stereocenters. The van der Waals surface area contributed by atoms with Gasteiger partial charge in [0.15, 0.2) is 11.5 Å². The third-order valence-electron chi connectivity index (χ3n) is 4.28. The van der Waals surface area contributed by atoms with Crippen molar-refractivity contribution in [1.82, 2.24) is 15.6 Å². The van der Waals surface area contributed by atoms with E-state index in [0.29, 0.717) is 34.2 Å². The molecule has 2 aromatic carbocycles. The Morgan fingerprint density at radius 3 is 2.31 bits per heavy atom. The summed E-state index contributed by atoms with van der Waals surface area (Å²) in [6.45, 7) is 2.01. The van der Waals surface area contributed by atoms with Crippen LogP contribution in [0.25, 0.3) is 11.3 Å². The quantitative estimate of drug-likeness (QED) is 0.474. The van der Waals surface area contributed by atoms with Gasteiger partial charge in [-0.25, -0.2) is 5.43 Å². The highest BCUT2D eigenvalue weighted by atomic mass is 16.5. The predicted molar refractivity (Wildman–Crippen MR) is 110 cm³/mol. The first-order valence-corrected chi connectivity index (χ1v) is 8.81. The molecule has 0 saturated carbocycles. The second-order valence-corrected chi connectivity index (χ2v) is 6.18. The first kappa shape index (κ1) is 19.9. The van der Waals surface area contributed by atoms with Gasteiger partial charge in [-0.05, 0) is 19.1 Å². The van der Waals surface area contributed by atoms with Gasteiger partial charge in [0, 0.05) is 17.2 Å². The highest BCUT2D eigenvalue weighted by molar-refractivity contribution is 5.94. The number of aromatic amines is 1. The zero-order valence-electron chi connectivity index (χ0n) is 16.6. The van der Waals surface area contributed by atoms with Crippen LogP contribution in [0.2, 0.25) is 0 Å². The van der Waals surface area contributed by atoms with Gasteiger partial charge in [0.1, 0.15) is 11.4 Å². The highest BCUT2D eigenvalue weighted by Gasteiger charge is 2.12. The number of nitrogens with zero attached hydrogens (tertiary/aromatic N) is 2. The normalized spacial score (nSPS) is 10.8. The molecule has 0 aliphatic heterocycles. The maximum atomic E-state index is 12.3. The Balaban J connectivity index is 1.72. The largest absolute Gasteiger partial charge is 0.496 e. The van der Waals surface area contributed by atoms with E-state index in [1.165, 1.54) is 20.4 Å². The van der Waals surface area contributed by atoms with E-state index in [1.807, 2.05) is 31.2 Å². The van der Waals surface area contributed by atoms with Crippen LogP contribution < -0.4 is 19.6 Å². The Bertz CT molecular complexity index is 1030. The average Bonchev–Trinajstić information content (AvgIpc) is 3.24. The molecule has 1 amide bonds. The number of carbonyl (C=O) groups excluding carboxylic acids is 1. The molecule has 0 fully saturated rings. The van der Waals surface area contributed by atoms with Gasteiger partial charge in [0.05, 0.1) is 33.2 Å². The molecule has 150 valence electrons. The average molecular weight is 394 g/mol. The minimum absolute atomic E-state index is 0.303. The molecule has 0 spiro atoms. The molecule has 0 bridgehead atoms. The van der Waals surface area contributed by atoms with Gasteiger partial charge in [-0.2, -0.15) is 10.2 Å². The monoisotopic (exact) mass is 394 g/mol. The molecule has 0 aliphatic rings. The standard InChI is InChI=1S/C21H22N4O4/c1-13-5-7-14(8-6-13)16-10-17(24-23-16)21(26)25-22-12-15-9-19(28-3)20(29-4)11-18(15)27-2/h5-12H,1-4H3,(H,23,24)(H,25,26)/b22-12-. The molecule has 8 nitrogen and oxygen atoms in total. The zero-order valence-corrected chi connectivity index (χ0v) is 16.6. The molecule has 29 heavy (non-hydrogen) atoms. The summed E-state index contributed by atoms with van der Waals surface area (Å²) >= 11 is 0. The molecule has 0 aliphatic carbocycles. The second-order valence-electron chi connectivity index (χ2n) is 6.18. The summed E-state index contributed by atoms with van der Waals surface area (Å²) in [5.41, 5.74) is 6.15. The van der Waals surface area contributed by atoms with Gasteiger partial charge in [0.2, 0.25) is 0 Å². The molecule has 3 rings (SSSR count). The Labute approximate surface area is 168 Å². The Kier molecular flexibility index (Phi) is 6.13. The van der Waals surface area contributed by atoms with E-state index in [0.717, 1.165) is 11.1 Å². The van der Waals surface area contributed by atoms with E-state index in [2.05, 4.69) is 20.7 Å². The van der Waals surface area contributed by atoms with Crippen molar-refractivity contribution in [2.45, 2.75) is 6.92 Å². The topological polar surface area (TPSA) is 97.8 Å². The SMILES string of the molecule is COc1cc(OC)c(OC)cc1/C=N\NC(=O)c1cc(-c2ccc(C)cc2)n[nH]1. The molecule has 8 heteroatoms. The van der Waals surface area contributed by atoms with Crippen LogP contribution in [0.15, 0.2) is 47.6 Å². The van der Waals surface area contributed by atoms with Crippen LogP contribution in [0.5, 0.6) is 17.2 Å². The number of nitrogens with one attached hydrogen (secondary N) is 2. The lowest BCUT2D eigenvalue weighted by atomic mass is 10.1. The number of hydrazone groups is 1. The van der Waals surface area contributed by atoms with Crippen LogP contribution in [0.3, 0.4) is 0 Å². The van der Waals surface area contributed by atoms with Crippen molar-refractivity contribution in [3.8, 4) is 28.5 Å². The fourth-order valence-corrected chi connectivity index (χ4v) is 2.68. The maximum Gasteiger partial charge on any atom is 0.289 e. The van der Waals surface area contributed by atoms with Gasteiger partial charge in [-0.15, -0.1) is 0 Å². The summed E-state index contributed by atoms with van der Waals surface area (Å²) in [4.78, 5) is 12.3. The van der Waals surface area contributed by atoms with Crippen molar-refractivity contribution < 1.29 is 19.0 Å². The minimum Gasteiger partial charge on any atom is -0.496 e. The number of rotatable bonds is 7. The van der Waals surface area contributed by atoms with Crippen molar-refractivity contribution in [1.29, 1.82) is 0 Å². The van der Waals surface area contributed by atoms with E-state index in [1.54, 1.807) is 25.3 Å². The fraction of sp³-hybridized carbons (Fsp3) is 0.190. The van der Waals surface area contributed by atoms with E-state index in [9.17, 15) is 4.79 Å². The number of carbonyl (C=O) groups is 1. The zero-order chi connectivity index (χ0) is 20.8. The van der Waals surface area contributed by atoms with Gasteiger partial charge < -0.3 is 14.2 Å². The molecule has 0 unspecified atom stereocenters. The van der Waals surface area contributed by atoms with E-state index in [4.69, 9.17) is 14.2 Å². The number of amides is 1. The first-order chi connectivity index (χ1) is 14.0. The van der Waals surface area contributed by atoms with Crippen molar-refractivity contribution in [3.05, 3.63) is 59.3 Å². The number of hydrogen-bond donors (Lipinski definition) is 2. The maximum absolute atomic E-state index is 12.3. The number of hydrogen-bond acceptors (Lipinski definition) is 6. The summed E-state index contributed by atoms with van der Waals surface area (Å²) in [6.07, 6.45) is 1.47. The van der Waals surface area contributed by atoms with Crippen molar-refractivity contribution in [2.75, 3.05) is 21.3 Å². The van der Waals surface area contributed by atoms with Crippen LogP contribution in [0, 0.1) is 6.92 Å². The third kappa shape index (κ3) is 4.55. The van der Waals surface area contributed by atoms with E-state index in [-0.39, 0.29) is 0 Å². The number of benzene rings is 2. The van der Waals surface area contributed by atoms with Crippen LogP contribution in [-0.2, 0) is 0 Å². The lowest BCUT2D eigenvalue weighted by molar-refractivity contribution is 0.0950. The summed E-state index contributed by atoms with van der Waals surface area (Å²) in [5.74, 6) is 1.18. The number of ether oxygens (including phenoxy) is 3. The molecule has 0 saturated heterocycles. The third-order valence-corrected chi connectivity index (χ3v) is 4.28. The van der Waals surface area contributed by atoms with Gasteiger partial charge in [-0.3, -0.25) is 9.89 Å². The van der Waals surface area contributed by atoms with Crippen LogP contribution in [-0.4, -0.2) is 43.6 Å².